The smallest absolute Gasteiger partial charge is 0.319 e. The van der Waals surface area contributed by atoms with Crippen molar-refractivity contribution >= 4 is 34.7 Å². The fraction of sp³-hybridized carbons (Fsp3) is 0.458. The highest BCUT2D eigenvalue weighted by molar-refractivity contribution is 6.31. The lowest BCUT2D eigenvalue weighted by atomic mass is 9.97. The van der Waals surface area contributed by atoms with Gasteiger partial charge in [0.2, 0.25) is 0 Å². The number of benzene rings is 2. The van der Waals surface area contributed by atoms with Crippen molar-refractivity contribution in [3.05, 3.63) is 53.1 Å². The number of amides is 2. The predicted octanol–water partition coefficient (Wildman–Crippen LogP) is 3.71. The summed E-state index contributed by atoms with van der Waals surface area (Å²) in [4.78, 5) is 17.1. The number of rotatable bonds is 6. The third-order valence-electron chi connectivity index (χ3n) is 6.19. The van der Waals surface area contributed by atoms with Crippen molar-refractivity contribution in [2.75, 3.05) is 61.1 Å². The summed E-state index contributed by atoms with van der Waals surface area (Å²) in [7, 11) is 0. The zero-order chi connectivity index (χ0) is 22.3. The molecule has 0 radical (unpaired) electrons. The molecule has 0 atom stereocenters. The topological polar surface area (TPSA) is 77.1 Å². The van der Waals surface area contributed by atoms with Crippen molar-refractivity contribution in [3.8, 4) is 0 Å². The Hall–Kier alpha value is -2.48. The first kappa shape index (κ1) is 22.7. The van der Waals surface area contributed by atoms with Crippen LogP contribution in [-0.4, -0.2) is 57.1 Å². The number of hydrogen-bond donors (Lipinski definition) is 3. The minimum absolute atomic E-state index is 0.267. The number of aliphatic hydroxyl groups excluding tert-OH is 1. The van der Waals surface area contributed by atoms with Crippen LogP contribution in [0, 0.1) is 5.92 Å². The minimum Gasteiger partial charge on any atom is -0.396 e. The van der Waals surface area contributed by atoms with Gasteiger partial charge in [-0.2, -0.15) is 0 Å². The molecule has 0 unspecified atom stereocenters. The van der Waals surface area contributed by atoms with Crippen molar-refractivity contribution in [2.45, 2.75) is 19.4 Å². The van der Waals surface area contributed by atoms with E-state index in [0.29, 0.717) is 36.4 Å². The molecule has 4 rings (SSSR count). The number of halogens is 1. The number of morpholine rings is 1. The molecule has 172 valence electrons. The van der Waals surface area contributed by atoms with Crippen LogP contribution >= 0.6 is 11.6 Å². The van der Waals surface area contributed by atoms with Crippen molar-refractivity contribution in [2.24, 2.45) is 5.92 Å². The fourth-order valence-corrected chi connectivity index (χ4v) is 4.41. The number of ether oxygens (including phenoxy) is 1. The monoisotopic (exact) mass is 458 g/mol. The molecule has 0 saturated carbocycles. The van der Waals surface area contributed by atoms with Crippen LogP contribution in [0.15, 0.2) is 42.5 Å². The third kappa shape index (κ3) is 5.85. The molecular formula is C24H31ClN4O3. The van der Waals surface area contributed by atoms with Crippen molar-refractivity contribution in [3.63, 3.8) is 0 Å². The summed E-state index contributed by atoms with van der Waals surface area (Å²) in [6.45, 7) is 5.56. The van der Waals surface area contributed by atoms with Gasteiger partial charge >= 0.3 is 6.03 Å². The highest BCUT2D eigenvalue weighted by Crippen LogP contribution is 2.30. The first-order chi connectivity index (χ1) is 15.6. The van der Waals surface area contributed by atoms with Gasteiger partial charge in [0.15, 0.2) is 0 Å². The van der Waals surface area contributed by atoms with Crippen molar-refractivity contribution in [1.29, 1.82) is 0 Å². The zero-order valence-electron chi connectivity index (χ0n) is 18.2. The number of carbonyl (C=O) groups is 1. The van der Waals surface area contributed by atoms with E-state index in [-0.39, 0.29) is 12.6 Å². The molecule has 2 saturated heterocycles. The summed E-state index contributed by atoms with van der Waals surface area (Å²) in [5.41, 5.74) is 3.86. The van der Waals surface area contributed by atoms with E-state index in [1.807, 2.05) is 24.3 Å². The normalized spacial score (nSPS) is 17.3. The molecule has 2 heterocycles. The van der Waals surface area contributed by atoms with E-state index in [0.717, 1.165) is 50.3 Å². The molecule has 7 nitrogen and oxygen atoms in total. The molecule has 2 aromatic carbocycles. The molecule has 2 aliphatic heterocycles. The molecule has 8 heteroatoms. The van der Waals surface area contributed by atoms with Gasteiger partial charge in [-0.15, -0.1) is 0 Å². The summed E-state index contributed by atoms with van der Waals surface area (Å²) in [6.07, 6.45) is 2.05. The van der Waals surface area contributed by atoms with Gasteiger partial charge in [-0.1, -0.05) is 23.7 Å². The Kier molecular flexibility index (Phi) is 7.73. The van der Waals surface area contributed by atoms with E-state index in [9.17, 15) is 9.90 Å². The van der Waals surface area contributed by atoms with Crippen LogP contribution in [0.1, 0.15) is 18.4 Å². The second kappa shape index (κ2) is 10.9. The van der Waals surface area contributed by atoms with Gasteiger partial charge in [0, 0.05) is 50.0 Å². The maximum atomic E-state index is 12.6. The van der Waals surface area contributed by atoms with E-state index in [1.165, 1.54) is 5.69 Å². The average Bonchev–Trinajstić information content (AvgIpc) is 2.84. The van der Waals surface area contributed by atoms with Gasteiger partial charge in [0.25, 0.3) is 0 Å². The number of aliphatic hydroxyl groups is 1. The molecule has 2 fully saturated rings. The molecule has 2 aromatic rings. The molecule has 0 aromatic heterocycles. The minimum atomic E-state index is -0.267. The van der Waals surface area contributed by atoms with Crippen molar-refractivity contribution in [1.82, 2.24) is 5.32 Å². The summed E-state index contributed by atoms with van der Waals surface area (Å²) in [5.74, 6) is 0.427. The second-order valence-corrected chi connectivity index (χ2v) is 8.78. The third-order valence-corrected chi connectivity index (χ3v) is 6.42. The SMILES string of the molecule is O=C(NCc1ccc(N2CCC(CO)CC2)cc1)Nc1cc(Cl)ccc1N1CCOCC1. The summed E-state index contributed by atoms with van der Waals surface area (Å²) >= 11 is 6.18. The second-order valence-electron chi connectivity index (χ2n) is 8.35. The Labute approximate surface area is 194 Å². The number of carbonyl (C=O) groups excluding carboxylic acids is 1. The van der Waals surface area contributed by atoms with Crippen LogP contribution in [0.3, 0.4) is 0 Å². The number of hydrogen-bond acceptors (Lipinski definition) is 5. The van der Waals surface area contributed by atoms with Crippen LogP contribution in [0.5, 0.6) is 0 Å². The molecule has 32 heavy (non-hydrogen) atoms. The van der Waals surface area contributed by atoms with Crippen LogP contribution in [0.2, 0.25) is 5.02 Å². The van der Waals surface area contributed by atoms with Crippen LogP contribution in [0.4, 0.5) is 21.9 Å². The lowest BCUT2D eigenvalue weighted by molar-refractivity contribution is 0.123. The highest BCUT2D eigenvalue weighted by atomic mass is 35.5. The van der Waals surface area contributed by atoms with E-state index in [4.69, 9.17) is 16.3 Å². The maximum absolute atomic E-state index is 12.6. The number of anilines is 3. The van der Waals surface area contributed by atoms with Gasteiger partial charge in [0.1, 0.15) is 0 Å². The highest BCUT2D eigenvalue weighted by Gasteiger charge is 2.19. The van der Waals surface area contributed by atoms with Gasteiger partial charge in [-0.3, -0.25) is 0 Å². The zero-order valence-corrected chi connectivity index (χ0v) is 19.0. The summed E-state index contributed by atoms with van der Waals surface area (Å²) in [6, 6.07) is 13.6. The largest absolute Gasteiger partial charge is 0.396 e. The summed E-state index contributed by atoms with van der Waals surface area (Å²) < 4.78 is 5.43. The number of urea groups is 1. The van der Waals surface area contributed by atoms with Crippen LogP contribution in [0.25, 0.3) is 0 Å². The van der Waals surface area contributed by atoms with E-state index < -0.39 is 0 Å². The molecule has 0 bridgehead atoms. The Bertz CT molecular complexity index is 895. The molecule has 2 amide bonds. The molecular weight excluding hydrogens is 428 g/mol. The number of nitrogens with one attached hydrogen (secondary N) is 2. The molecule has 3 N–H and O–H groups in total. The predicted molar refractivity (Wildman–Crippen MR) is 129 cm³/mol. The number of piperidine rings is 1. The van der Waals surface area contributed by atoms with Gasteiger partial charge in [-0.05, 0) is 54.7 Å². The average molecular weight is 459 g/mol. The van der Waals surface area contributed by atoms with Gasteiger partial charge in [0.05, 0.1) is 24.6 Å². The van der Waals surface area contributed by atoms with E-state index in [1.54, 1.807) is 6.07 Å². The Morgan fingerprint density at radius 1 is 1.03 bits per heavy atom. The van der Waals surface area contributed by atoms with Crippen molar-refractivity contribution < 1.29 is 14.6 Å². The Balaban J connectivity index is 1.31. The fourth-order valence-electron chi connectivity index (χ4n) is 4.24. The standard InChI is InChI=1S/C24H31ClN4O3/c25-20-3-6-23(29-11-13-32-14-12-29)22(15-20)27-24(31)26-16-18-1-4-21(5-2-18)28-9-7-19(17-30)8-10-28/h1-6,15,19,30H,7-14,16-17H2,(H2,26,27,31). The molecule has 0 aliphatic carbocycles. The maximum Gasteiger partial charge on any atom is 0.319 e. The summed E-state index contributed by atoms with van der Waals surface area (Å²) in [5, 5.41) is 15.8. The van der Waals surface area contributed by atoms with Gasteiger partial charge in [-0.25, -0.2) is 4.79 Å². The lowest BCUT2D eigenvalue weighted by Gasteiger charge is -2.33. The lowest BCUT2D eigenvalue weighted by Crippen LogP contribution is -2.37. The Morgan fingerprint density at radius 3 is 2.44 bits per heavy atom. The van der Waals surface area contributed by atoms with E-state index in [2.05, 4.69) is 32.6 Å². The first-order valence-electron chi connectivity index (χ1n) is 11.2. The Morgan fingerprint density at radius 2 is 1.75 bits per heavy atom. The van der Waals surface area contributed by atoms with E-state index >= 15 is 0 Å². The first-order valence-corrected chi connectivity index (χ1v) is 11.6. The van der Waals surface area contributed by atoms with Crippen LogP contribution in [-0.2, 0) is 11.3 Å². The molecule has 2 aliphatic rings. The number of nitrogens with zero attached hydrogens (tertiary/aromatic N) is 2. The quantitative estimate of drug-likeness (QED) is 0.615. The van der Waals surface area contributed by atoms with Gasteiger partial charge < -0.3 is 30.3 Å². The van der Waals surface area contributed by atoms with Crippen LogP contribution < -0.4 is 20.4 Å². The molecule has 0 spiro atoms.